The highest BCUT2D eigenvalue weighted by Crippen LogP contribution is 2.22. The van der Waals surface area contributed by atoms with Crippen molar-refractivity contribution >= 4 is 22.2 Å². The molecule has 1 atom stereocenters. The van der Waals surface area contributed by atoms with Gasteiger partial charge < -0.3 is 5.73 Å². The molecule has 0 spiro atoms. The van der Waals surface area contributed by atoms with E-state index in [1.54, 1.807) is 25.1 Å². The molecule has 1 unspecified atom stereocenters. The molecule has 110 valence electrons. The summed E-state index contributed by atoms with van der Waals surface area (Å²) in [6.45, 7) is 1.79. The first-order valence-electron chi connectivity index (χ1n) is 6.05. The van der Waals surface area contributed by atoms with Gasteiger partial charge in [0, 0.05) is 16.6 Å². The molecule has 0 aliphatic carbocycles. The standard InChI is InChI=1S/C14H13FN2O3S/c1-9-2-3-12(16)7-14(9)21(20)8-10-4-11(15)6-13(5-10)17(18)19/h2-7H,8,16H2,1H3. The summed E-state index contributed by atoms with van der Waals surface area (Å²) in [5.74, 6) is -0.733. The van der Waals surface area contributed by atoms with Gasteiger partial charge in [-0.2, -0.15) is 0 Å². The second kappa shape index (κ2) is 6.01. The zero-order valence-electron chi connectivity index (χ0n) is 11.2. The molecule has 2 rings (SSSR count). The Morgan fingerprint density at radius 1 is 1.29 bits per heavy atom. The molecule has 0 aliphatic heterocycles. The number of nitrogen functional groups attached to an aromatic ring is 1. The molecular weight excluding hydrogens is 295 g/mol. The average molecular weight is 308 g/mol. The molecular formula is C14H13FN2O3S. The van der Waals surface area contributed by atoms with Crippen LogP contribution in [-0.2, 0) is 16.6 Å². The zero-order chi connectivity index (χ0) is 15.6. The van der Waals surface area contributed by atoms with Crippen LogP contribution >= 0.6 is 0 Å². The lowest BCUT2D eigenvalue weighted by atomic mass is 10.2. The Morgan fingerprint density at radius 3 is 2.67 bits per heavy atom. The number of anilines is 1. The van der Waals surface area contributed by atoms with Crippen LogP contribution in [0.1, 0.15) is 11.1 Å². The van der Waals surface area contributed by atoms with Crippen molar-refractivity contribution in [2.45, 2.75) is 17.6 Å². The number of benzene rings is 2. The van der Waals surface area contributed by atoms with Crippen molar-refractivity contribution in [3.8, 4) is 0 Å². The summed E-state index contributed by atoms with van der Waals surface area (Å²) >= 11 is 0. The normalized spacial score (nSPS) is 12.1. The number of rotatable bonds is 4. The third kappa shape index (κ3) is 3.63. The van der Waals surface area contributed by atoms with E-state index in [0.29, 0.717) is 16.1 Å². The first-order chi connectivity index (χ1) is 9.86. The molecule has 2 aromatic carbocycles. The predicted molar refractivity (Wildman–Crippen MR) is 78.8 cm³/mol. The second-order valence-corrected chi connectivity index (χ2v) is 6.01. The number of nitro benzene ring substituents is 1. The third-order valence-electron chi connectivity index (χ3n) is 2.91. The van der Waals surface area contributed by atoms with Crippen molar-refractivity contribution in [1.82, 2.24) is 0 Å². The molecule has 0 radical (unpaired) electrons. The number of hydrogen-bond acceptors (Lipinski definition) is 4. The largest absolute Gasteiger partial charge is 0.399 e. The second-order valence-electron chi connectivity index (χ2n) is 4.59. The molecule has 2 N–H and O–H groups in total. The minimum Gasteiger partial charge on any atom is -0.399 e. The maximum absolute atomic E-state index is 13.4. The minimum atomic E-state index is -1.46. The van der Waals surface area contributed by atoms with Gasteiger partial charge in [0.15, 0.2) is 0 Å². The van der Waals surface area contributed by atoms with Gasteiger partial charge in [0.2, 0.25) is 0 Å². The Morgan fingerprint density at radius 2 is 2.00 bits per heavy atom. The molecule has 0 saturated carbocycles. The number of nitrogens with two attached hydrogens (primary N) is 1. The van der Waals surface area contributed by atoms with E-state index >= 15 is 0 Å². The van der Waals surface area contributed by atoms with Gasteiger partial charge in [0.05, 0.1) is 27.5 Å². The van der Waals surface area contributed by atoms with Crippen LogP contribution in [0.2, 0.25) is 0 Å². The number of aryl methyl sites for hydroxylation is 1. The fraction of sp³-hybridized carbons (Fsp3) is 0.143. The van der Waals surface area contributed by atoms with E-state index in [9.17, 15) is 18.7 Å². The number of hydrogen-bond donors (Lipinski definition) is 1. The van der Waals surface area contributed by atoms with Gasteiger partial charge in [0.25, 0.3) is 5.69 Å². The molecule has 5 nitrogen and oxygen atoms in total. The van der Waals surface area contributed by atoms with Crippen molar-refractivity contribution < 1.29 is 13.5 Å². The van der Waals surface area contributed by atoms with Crippen LogP contribution in [0, 0.1) is 22.9 Å². The van der Waals surface area contributed by atoms with E-state index in [4.69, 9.17) is 5.73 Å². The van der Waals surface area contributed by atoms with Crippen LogP contribution in [0.3, 0.4) is 0 Å². The topological polar surface area (TPSA) is 86.2 Å². The Kier molecular flexibility index (Phi) is 4.32. The summed E-state index contributed by atoms with van der Waals surface area (Å²) < 4.78 is 25.7. The van der Waals surface area contributed by atoms with Crippen molar-refractivity contribution in [2.75, 3.05) is 5.73 Å². The van der Waals surface area contributed by atoms with Crippen molar-refractivity contribution in [1.29, 1.82) is 0 Å². The van der Waals surface area contributed by atoms with Crippen LogP contribution in [0.15, 0.2) is 41.3 Å². The van der Waals surface area contributed by atoms with E-state index in [2.05, 4.69) is 0 Å². The van der Waals surface area contributed by atoms with Gasteiger partial charge in [-0.05, 0) is 36.2 Å². The fourth-order valence-corrected chi connectivity index (χ4v) is 3.23. The molecule has 2 aromatic rings. The van der Waals surface area contributed by atoms with E-state index in [1.165, 1.54) is 6.07 Å². The highest BCUT2D eigenvalue weighted by Gasteiger charge is 2.14. The molecule has 0 heterocycles. The van der Waals surface area contributed by atoms with Gasteiger partial charge in [-0.1, -0.05) is 6.07 Å². The van der Waals surface area contributed by atoms with Crippen LogP contribution in [0.5, 0.6) is 0 Å². The Bertz CT molecular complexity index is 734. The Hall–Kier alpha value is -2.28. The molecule has 21 heavy (non-hydrogen) atoms. The smallest absolute Gasteiger partial charge is 0.272 e. The molecule has 0 fully saturated rings. The molecule has 0 saturated heterocycles. The summed E-state index contributed by atoms with van der Waals surface area (Å²) in [6.07, 6.45) is 0. The summed E-state index contributed by atoms with van der Waals surface area (Å²) in [4.78, 5) is 10.6. The predicted octanol–water partition coefficient (Wildman–Crippen LogP) is 2.93. The number of non-ortho nitro benzene ring substituents is 1. The van der Waals surface area contributed by atoms with Crippen molar-refractivity contribution in [3.05, 3.63) is 63.5 Å². The van der Waals surface area contributed by atoms with E-state index in [-0.39, 0.29) is 11.4 Å². The highest BCUT2D eigenvalue weighted by molar-refractivity contribution is 7.84. The lowest BCUT2D eigenvalue weighted by molar-refractivity contribution is -0.385. The molecule has 0 bridgehead atoms. The maximum Gasteiger partial charge on any atom is 0.272 e. The Labute approximate surface area is 123 Å². The van der Waals surface area contributed by atoms with Crippen LogP contribution in [0.4, 0.5) is 15.8 Å². The van der Waals surface area contributed by atoms with E-state index in [0.717, 1.165) is 17.7 Å². The van der Waals surface area contributed by atoms with Crippen LogP contribution in [0.25, 0.3) is 0 Å². The number of halogens is 1. The van der Waals surface area contributed by atoms with E-state index < -0.39 is 21.5 Å². The van der Waals surface area contributed by atoms with Crippen LogP contribution < -0.4 is 5.73 Å². The van der Waals surface area contributed by atoms with Gasteiger partial charge in [-0.3, -0.25) is 14.3 Å². The SMILES string of the molecule is Cc1ccc(N)cc1S(=O)Cc1cc(F)cc([N+](=O)[O-])c1. The van der Waals surface area contributed by atoms with Crippen molar-refractivity contribution in [3.63, 3.8) is 0 Å². The number of nitrogens with zero attached hydrogens (tertiary/aromatic N) is 1. The Balaban J connectivity index is 2.31. The first-order valence-corrected chi connectivity index (χ1v) is 7.37. The van der Waals surface area contributed by atoms with Gasteiger partial charge >= 0.3 is 0 Å². The third-order valence-corrected chi connectivity index (χ3v) is 4.43. The zero-order valence-corrected chi connectivity index (χ0v) is 12.0. The molecule has 0 aromatic heterocycles. The lowest BCUT2D eigenvalue weighted by Crippen LogP contribution is -2.01. The fourth-order valence-electron chi connectivity index (χ4n) is 1.91. The maximum atomic E-state index is 13.4. The molecule has 7 heteroatoms. The summed E-state index contributed by atoms with van der Waals surface area (Å²) in [7, 11) is -1.46. The summed E-state index contributed by atoms with van der Waals surface area (Å²) in [5.41, 5.74) is 6.90. The minimum absolute atomic E-state index is 0.0110. The first kappa shape index (κ1) is 15.1. The quantitative estimate of drug-likeness (QED) is 0.534. The average Bonchev–Trinajstić information content (AvgIpc) is 2.40. The monoisotopic (exact) mass is 308 g/mol. The number of nitro groups is 1. The highest BCUT2D eigenvalue weighted by atomic mass is 32.2. The summed E-state index contributed by atoms with van der Waals surface area (Å²) in [5, 5.41) is 10.7. The van der Waals surface area contributed by atoms with Crippen molar-refractivity contribution in [2.24, 2.45) is 0 Å². The molecule has 0 aliphatic rings. The lowest BCUT2D eigenvalue weighted by Gasteiger charge is -2.07. The molecule has 0 amide bonds. The van der Waals surface area contributed by atoms with Crippen LogP contribution in [-0.4, -0.2) is 9.13 Å². The summed E-state index contributed by atoms with van der Waals surface area (Å²) in [6, 6.07) is 8.24. The van der Waals surface area contributed by atoms with E-state index in [1.807, 2.05) is 0 Å². The van der Waals surface area contributed by atoms with Gasteiger partial charge in [-0.25, -0.2) is 4.39 Å². The van der Waals surface area contributed by atoms with Gasteiger partial charge in [-0.15, -0.1) is 0 Å². The van der Waals surface area contributed by atoms with Gasteiger partial charge in [0.1, 0.15) is 5.82 Å².